The lowest BCUT2D eigenvalue weighted by Crippen LogP contribution is -2.17. The molecule has 92 valence electrons. The van der Waals surface area contributed by atoms with Gasteiger partial charge >= 0.3 is 0 Å². The van der Waals surface area contributed by atoms with Crippen molar-refractivity contribution in [2.24, 2.45) is 11.7 Å². The van der Waals surface area contributed by atoms with Crippen LogP contribution in [-0.4, -0.2) is 5.78 Å². The van der Waals surface area contributed by atoms with E-state index in [0.29, 0.717) is 18.1 Å². The van der Waals surface area contributed by atoms with E-state index in [2.05, 4.69) is 0 Å². The van der Waals surface area contributed by atoms with Crippen LogP contribution >= 0.6 is 0 Å². The SMILES string of the molecule is NC(CCC(=O)CC1CCC1)c1ccccc1. The molecule has 1 aromatic carbocycles. The molecule has 0 spiro atoms. The van der Waals surface area contributed by atoms with Crippen LogP contribution in [0.2, 0.25) is 0 Å². The molecule has 2 heteroatoms. The van der Waals surface area contributed by atoms with Gasteiger partial charge in [-0.15, -0.1) is 0 Å². The molecule has 1 saturated carbocycles. The molecule has 17 heavy (non-hydrogen) atoms. The molecule has 1 aromatic rings. The van der Waals surface area contributed by atoms with Gasteiger partial charge in [0.1, 0.15) is 5.78 Å². The van der Waals surface area contributed by atoms with Crippen LogP contribution in [0, 0.1) is 5.92 Å². The number of carbonyl (C=O) groups excluding carboxylic acids is 1. The molecule has 2 N–H and O–H groups in total. The fourth-order valence-electron chi connectivity index (χ4n) is 2.30. The summed E-state index contributed by atoms with van der Waals surface area (Å²) >= 11 is 0. The van der Waals surface area contributed by atoms with E-state index in [4.69, 9.17) is 5.73 Å². The second-order valence-corrected chi connectivity index (χ2v) is 5.10. The van der Waals surface area contributed by atoms with Gasteiger partial charge < -0.3 is 5.73 Å². The molecule has 2 nitrogen and oxygen atoms in total. The van der Waals surface area contributed by atoms with Gasteiger partial charge in [0, 0.05) is 18.9 Å². The minimum atomic E-state index is 0.00143. The fourth-order valence-corrected chi connectivity index (χ4v) is 2.30. The molecule has 2 rings (SSSR count). The van der Waals surface area contributed by atoms with Crippen molar-refractivity contribution in [1.82, 2.24) is 0 Å². The van der Waals surface area contributed by atoms with E-state index in [1.807, 2.05) is 30.3 Å². The third kappa shape index (κ3) is 3.67. The molecule has 1 fully saturated rings. The molecule has 0 aliphatic heterocycles. The number of nitrogens with two attached hydrogens (primary N) is 1. The van der Waals surface area contributed by atoms with Crippen LogP contribution in [0.4, 0.5) is 0 Å². The Kier molecular flexibility index (Phi) is 4.32. The average molecular weight is 231 g/mol. The van der Waals surface area contributed by atoms with E-state index in [-0.39, 0.29) is 6.04 Å². The summed E-state index contributed by atoms with van der Waals surface area (Å²) in [6.07, 6.45) is 5.98. The molecule has 1 atom stereocenters. The van der Waals surface area contributed by atoms with Gasteiger partial charge in [0.05, 0.1) is 0 Å². The first-order valence-electron chi connectivity index (χ1n) is 6.58. The molecule has 0 heterocycles. The van der Waals surface area contributed by atoms with Crippen LogP contribution in [0.5, 0.6) is 0 Å². The zero-order valence-electron chi connectivity index (χ0n) is 10.3. The van der Waals surface area contributed by atoms with Gasteiger partial charge in [0.15, 0.2) is 0 Å². The molecular weight excluding hydrogens is 210 g/mol. The molecule has 0 aromatic heterocycles. The normalized spacial score (nSPS) is 17.5. The summed E-state index contributed by atoms with van der Waals surface area (Å²) < 4.78 is 0. The van der Waals surface area contributed by atoms with E-state index < -0.39 is 0 Å². The maximum absolute atomic E-state index is 11.7. The van der Waals surface area contributed by atoms with Crippen LogP contribution in [0.25, 0.3) is 0 Å². The van der Waals surface area contributed by atoms with Crippen molar-refractivity contribution in [3.63, 3.8) is 0 Å². The van der Waals surface area contributed by atoms with E-state index >= 15 is 0 Å². The number of rotatable bonds is 6. The third-order valence-electron chi connectivity index (χ3n) is 3.70. The van der Waals surface area contributed by atoms with Gasteiger partial charge in [-0.1, -0.05) is 49.6 Å². The Labute approximate surface area is 103 Å². The Morgan fingerprint density at radius 2 is 2.00 bits per heavy atom. The standard InChI is InChI=1S/C15H21NO/c16-15(13-7-2-1-3-8-13)10-9-14(17)11-12-5-4-6-12/h1-3,7-8,12,15H,4-6,9-11,16H2. The van der Waals surface area contributed by atoms with Gasteiger partial charge in [0.2, 0.25) is 0 Å². The smallest absolute Gasteiger partial charge is 0.133 e. The van der Waals surface area contributed by atoms with E-state index in [0.717, 1.165) is 18.4 Å². The molecule has 0 saturated heterocycles. The summed E-state index contributed by atoms with van der Waals surface area (Å²) in [6, 6.07) is 10.0. The Bertz CT molecular complexity index is 356. The Morgan fingerprint density at radius 1 is 1.29 bits per heavy atom. The number of hydrogen-bond acceptors (Lipinski definition) is 2. The molecule has 0 radical (unpaired) electrons. The van der Waals surface area contributed by atoms with Crippen LogP contribution in [-0.2, 0) is 4.79 Å². The van der Waals surface area contributed by atoms with Crippen molar-refractivity contribution >= 4 is 5.78 Å². The summed E-state index contributed by atoms with van der Waals surface area (Å²) in [5.74, 6) is 1.07. The van der Waals surface area contributed by atoms with Crippen molar-refractivity contribution in [2.45, 2.75) is 44.6 Å². The van der Waals surface area contributed by atoms with Gasteiger partial charge in [0.25, 0.3) is 0 Å². The predicted molar refractivity (Wildman–Crippen MR) is 69.6 cm³/mol. The van der Waals surface area contributed by atoms with Crippen LogP contribution in [0.15, 0.2) is 30.3 Å². The Morgan fingerprint density at radius 3 is 2.59 bits per heavy atom. The Hall–Kier alpha value is -1.15. The predicted octanol–water partition coefficient (Wildman–Crippen LogP) is 3.23. The first kappa shape index (κ1) is 12.3. The third-order valence-corrected chi connectivity index (χ3v) is 3.70. The van der Waals surface area contributed by atoms with E-state index in [1.165, 1.54) is 19.3 Å². The van der Waals surface area contributed by atoms with Crippen LogP contribution < -0.4 is 5.73 Å². The highest BCUT2D eigenvalue weighted by molar-refractivity contribution is 5.78. The number of benzene rings is 1. The highest BCUT2D eigenvalue weighted by atomic mass is 16.1. The van der Waals surface area contributed by atoms with Crippen molar-refractivity contribution < 1.29 is 4.79 Å². The Balaban J connectivity index is 1.72. The van der Waals surface area contributed by atoms with Crippen molar-refractivity contribution in [3.8, 4) is 0 Å². The lowest BCUT2D eigenvalue weighted by Gasteiger charge is -2.24. The summed E-state index contributed by atoms with van der Waals surface area (Å²) in [4.78, 5) is 11.7. The van der Waals surface area contributed by atoms with Gasteiger partial charge in [-0.3, -0.25) is 4.79 Å². The highest BCUT2D eigenvalue weighted by Gasteiger charge is 2.20. The minimum Gasteiger partial charge on any atom is -0.324 e. The topological polar surface area (TPSA) is 43.1 Å². The average Bonchev–Trinajstić information content (AvgIpc) is 2.32. The van der Waals surface area contributed by atoms with Gasteiger partial charge in [-0.25, -0.2) is 0 Å². The number of carbonyl (C=O) groups is 1. The molecular formula is C15H21NO. The maximum Gasteiger partial charge on any atom is 0.133 e. The monoisotopic (exact) mass is 231 g/mol. The number of hydrogen-bond donors (Lipinski definition) is 1. The van der Waals surface area contributed by atoms with Crippen LogP contribution in [0.1, 0.15) is 50.1 Å². The lowest BCUT2D eigenvalue weighted by atomic mass is 9.81. The first-order valence-corrected chi connectivity index (χ1v) is 6.58. The summed E-state index contributed by atoms with van der Waals surface area (Å²) in [5.41, 5.74) is 7.20. The van der Waals surface area contributed by atoms with Gasteiger partial charge in [-0.05, 0) is 17.9 Å². The van der Waals surface area contributed by atoms with Crippen molar-refractivity contribution in [2.75, 3.05) is 0 Å². The first-order chi connectivity index (χ1) is 8.25. The van der Waals surface area contributed by atoms with E-state index in [9.17, 15) is 4.79 Å². The summed E-state index contributed by atoms with van der Waals surface area (Å²) in [5, 5.41) is 0. The number of ketones is 1. The maximum atomic E-state index is 11.7. The second kappa shape index (κ2) is 5.97. The zero-order valence-corrected chi connectivity index (χ0v) is 10.3. The quantitative estimate of drug-likeness (QED) is 0.816. The molecule has 0 bridgehead atoms. The summed E-state index contributed by atoms with van der Waals surface area (Å²) in [7, 11) is 0. The van der Waals surface area contributed by atoms with Gasteiger partial charge in [-0.2, -0.15) is 0 Å². The fraction of sp³-hybridized carbons (Fsp3) is 0.533. The van der Waals surface area contributed by atoms with Crippen molar-refractivity contribution in [1.29, 1.82) is 0 Å². The number of Topliss-reactive ketones (excluding diaryl/α,β-unsaturated/α-hetero) is 1. The molecule has 0 amide bonds. The highest BCUT2D eigenvalue weighted by Crippen LogP contribution is 2.30. The molecule has 1 aliphatic rings. The minimum absolute atomic E-state index is 0.00143. The lowest BCUT2D eigenvalue weighted by molar-refractivity contribution is -0.120. The summed E-state index contributed by atoms with van der Waals surface area (Å²) in [6.45, 7) is 0. The largest absolute Gasteiger partial charge is 0.324 e. The molecule has 1 unspecified atom stereocenters. The zero-order chi connectivity index (χ0) is 12.1. The molecule has 1 aliphatic carbocycles. The van der Waals surface area contributed by atoms with Crippen LogP contribution in [0.3, 0.4) is 0 Å². The van der Waals surface area contributed by atoms with E-state index in [1.54, 1.807) is 0 Å². The van der Waals surface area contributed by atoms with Crippen molar-refractivity contribution in [3.05, 3.63) is 35.9 Å². The second-order valence-electron chi connectivity index (χ2n) is 5.10.